The highest BCUT2D eigenvalue weighted by Gasteiger charge is 2.33. The lowest BCUT2D eigenvalue weighted by Crippen LogP contribution is -2.49. The number of hydrogen-bond donors (Lipinski definition) is 1. The van der Waals surface area contributed by atoms with E-state index in [4.69, 9.17) is 0 Å². The minimum Gasteiger partial charge on any atom is -0.350 e. The van der Waals surface area contributed by atoms with Crippen molar-refractivity contribution in [3.8, 4) is 0 Å². The monoisotopic (exact) mass is 317 g/mol. The molecule has 4 heterocycles. The number of anilines is 1. The first-order chi connectivity index (χ1) is 10.8. The van der Waals surface area contributed by atoms with Crippen molar-refractivity contribution >= 4 is 22.4 Å². The van der Waals surface area contributed by atoms with Crippen molar-refractivity contribution in [2.45, 2.75) is 44.3 Å². The lowest BCUT2D eigenvalue weighted by molar-refractivity contribution is -0.123. The Morgan fingerprint density at radius 2 is 2.27 bits per heavy atom. The quantitative estimate of drug-likeness (QED) is 0.930. The molecule has 0 saturated carbocycles. The molecule has 1 fully saturated rings. The predicted octanol–water partition coefficient (Wildman–Crippen LogP) is 1.44. The molecule has 1 N–H and O–H groups in total. The lowest BCUT2D eigenvalue weighted by Gasteiger charge is -2.28. The van der Waals surface area contributed by atoms with E-state index in [1.165, 1.54) is 0 Å². The molecule has 1 amide bonds. The molecule has 2 atom stereocenters. The van der Waals surface area contributed by atoms with Gasteiger partial charge in [0.05, 0.1) is 0 Å². The van der Waals surface area contributed by atoms with Crippen LogP contribution in [0.5, 0.6) is 0 Å². The number of thiazole rings is 1. The molecule has 2 aliphatic heterocycles. The topological polar surface area (TPSA) is 63.1 Å². The van der Waals surface area contributed by atoms with E-state index in [2.05, 4.69) is 24.8 Å². The third-order valence-electron chi connectivity index (χ3n) is 4.50. The summed E-state index contributed by atoms with van der Waals surface area (Å²) >= 11 is 1.60. The number of aryl methyl sites for hydroxylation is 1. The van der Waals surface area contributed by atoms with Crippen LogP contribution in [0.4, 0.5) is 5.13 Å². The number of nitrogens with one attached hydrogen (secondary N) is 1. The maximum atomic E-state index is 12.7. The van der Waals surface area contributed by atoms with Crippen LogP contribution < -0.4 is 10.2 Å². The number of nitrogens with zero attached hydrogens (tertiary/aromatic N) is 4. The van der Waals surface area contributed by atoms with Crippen molar-refractivity contribution < 1.29 is 4.79 Å². The van der Waals surface area contributed by atoms with Crippen molar-refractivity contribution in [3.05, 3.63) is 29.8 Å². The van der Waals surface area contributed by atoms with Gasteiger partial charge in [0.15, 0.2) is 5.13 Å². The fraction of sp³-hybridized carbons (Fsp3) is 0.533. The number of fused-ring (bicyclic) bond motifs is 1. The van der Waals surface area contributed by atoms with Crippen LogP contribution in [-0.2, 0) is 17.8 Å². The van der Waals surface area contributed by atoms with Crippen LogP contribution in [0.2, 0.25) is 0 Å². The highest BCUT2D eigenvalue weighted by atomic mass is 32.1. The first-order valence-corrected chi connectivity index (χ1v) is 8.66. The summed E-state index contributed by atoms with van der Waals surface area (Å²) < 4.78 is 2.14. The molecule has 22 heavy (non-hydrogen) atoms. The fourth-order valence-electron chi connectivity index (χ4n) is 3.41. The SMILES string of the molecule is O=C(N[C@H]1CCc2nccn2C1)[C@@H]1CCCN1c1nccs1. The Hall–Kier alpha value is -1.89. The van der Waals surface area contributed by atoms with Gasteiger partial charge in [-0.3, -0.25) is 4.79 Å². The molecule has 0 spiro atoms. The summed E-state index contributed by atoms with van der Waals surface area (Å²) in [4.78, 5) is 23.5. The summed E-state index contributed by atoms with van der Waals surface area (Å²) in [6.07, 6.45) is 9.48. The molecule has 2 aromatic rings. The predicted molar refractivity (Wildman–Crippen MR) is 85.0 cm³/mol. The van der Waals surface area contributed by atoms with Gasteiger partial charge in [-0.05, 0) is 19.3 Å². The van der Waals surface area contributed by atoms with Gasteiger partial charge >= 0.3 is 0 Å². The van der Waals surface area contributed by atoms with E-state index in [9.17, 15) is 4.79 Å². The smallest absolute Gasteiger partial charge is 0.243 e. The van der Waals surface area contributed by atoms with Gasteiger partial charge < -0.3 is 14.8 Å². The number of carbonyl (C=O) groups excluding carboxylic acids is 1. The molecule has 0 aromatic carbocycles. The molecule has 2 aliphatic rings. The molecular weight excluding hydrogens is 298 g/mol. The van der Waals surface area contributed by atoms with E-state index in [0.29, 0.717) is 0 Å². The summed E-state index contributed by atoms with van der Waals surface area (Å²) in [5.41, 5.74) is 0. The molecule has 7 heteroatoms. The zero-order valence-electron chi connectivity index (χ0n) is 12.3. The maximum Gasteiger partial charge on any atom is 0.243 e. The molecule has 2 aromatic heterocycles. The second kappa shape index (κ2) is 5.72. The second-order valence-corrected chi connectivity index (χ2v) is 6.78. The molecule has 116 valence electrons. The van der Waals surface area contributed by atoms with Gasteiger partial charge in [-0.2, -0.15) is 0 Å². The van der Waals surface area contributed by atoms with Gasteiger partial charge in [-0.25, -0.2) is 9.97 Å². The molecule has 0 unspecified atom stereocenters. The summed E-state index contributed by atoms with van der Waals surface area (Å²) in [7, 11) is 0. The van der Waals surface area contributed by atoms with E-state index < -0.39 is 0 Å². The number of rotatable bonds is 3. The zero-order chi connectivity index (χ0) is 14.9. The second-order valence-electron chi connectivity index (χ2n) is 5.91. The first kappa shape index (κ1) is 13.8. The Morgan fingerprint density at radius 1 is 1.32 bits per heavy atom. The summed E-state index contributed by atoms with van der Waals surface area (Å²) in [5.74, 6) is 1.26. The Morgan fingerprint density at radius 3 is 3.14 bits per heavy atom. The summed E-state index contributed by atoms with van der Waals surface area (Å²) in [6, 6.07) is 0.128. The van der Waals surface area contributed by atoms with Crippen LogP contribution in [0.15, 0.2) is 24.0 Å². The van der Waals surface area contributed by atoms with Gasteiger partial charge in [-0.1, -0.05) is 0 Å². The lowest BCUT2D eigenvalue weighted by atomic mass is 10.1. The average molecular weight is 317 g/mol. The molecule has 0 bridgehead atoms. The molecule has 1 saturated heterocycles. The van der Waals surface area contributed by atoms with Crippen LogP contribution in [0, 0.1) is 0 Å². The molecule has 4 rings (SSSR count). The van der Waals surface area contributed by atoms with Crippen LogP contribution in [0.1, 0.15) is 25.1 Å². The number of aromatic nitrogens is 3. The van der Waals surface area contributed by atoms with Crippen LogP contribution in [0.25, 0.3) is 0 Å². The van der Waals surface area contributed by atoms with Crippen LogP contribution >= 0.6 is 11.3 Å². The van der Waals surface area contributed by atoms with Crippen molar-refractivity contribution in [1.29, 1.82) is 0 Å². The average Bonchev–Trinajstić information content (AvgIpc) is 3.26. The van der Waals surface area contributed by atoms with Gasteiger partial charge in [0.25, 0.3) is 0 Å². The first-order valence-electron chi connectivity index (χ1n) is 7.78. The Balaban J connectivity index is 1.42. The minimum atomic E-state index is -0.0738. The standard InChI is InChI=1S/C15H19N5OS/c21-14(12-2-1-7-20(12)15-17-6-9-22-15)18-11-3-4-13-16-5-8-19(13)10-11/h5-6,8-9,11-12H,1-4,7,10H2,(H,18,21)/t11-,12-/m0/s1. The Labute approximate surface area is 133 Å². The zero-order valence-corrected chi connectivity index (χ0v) is 13.1. The van der Waals surface area contributed by atoms with Crippen molar-refractivity contribution in [1.82, 2.24) is 19.9 Å². The molecule has 6 nitrogen and oxygen atoms in total. The molecule has 0 radical (unpaired) electrons. The van der Waals surface area contributed by atoms with Crippen molar-refractivity contribution in [3.63, 3.8) is 0 Å². The van der Waals surface area contributed by atoms with E-state index in [1.54, 1.807) is 17.5 Å². The van der Waals surface area contributed by atoms with E-state index in [0.717, 1.165) is 49.7 Å². The molecular formula is C15H19N5OS. The van der Waals surface area contributed by atoms with E-state index >= 15 is 0 Å². The third kappa shape index (κ3) is 2.49. The van der Waals surface area contributed by atoms with Gasteiger partial charge in [0.2, 0.25) is 5.91 Å². The summed E-state index contributed by atoms with van der Waals surface area (Å²) in [5, 5.41) is 6.15. The maximum absolute atomic E-state index is 12.7. The number of imidazole rings is 1. The normalized spacial score (nSPS) is 24.3. The number of hydrogen-bond acceptors (Lipinski definition) is 5. The van der Waals surface area contributed by atoms with E-state index in [-0.39, 0.29) is 18.0 Å². The van der Waals surface area contributed by atoms with Gasteiger partial charge in [0.1, 0.15) is 11.9 Å². The van der Waals surface area contributed by atoms with Gasteiger partial charge in [0, 0.05) is 49.5 Å². The minimum absolute atomic E-state index is 0.0738. The van der Waals surface area contributed by atoms with Crippen LogP contribution in [0.3, 0.4) is 0 Å². The Kier molecular flexibility index (Phi) is 3.57. The van der Waals surface area contributed by atoms with Crippen molar-refractivity contribution in [2.75, 3.05) is 11.4 Å². The highest BCUT2D eigenvalue weighted by molar-refractivity contribution is 7.13. The third-order valence-corrected chi connectivity index (χ3v) is 5.31. The van der Waals surface area contributed by atoms with Crippen LogP contribution in [-0.4, -0.2) is 39.1 Å². The van der Waals surface area contributed by atoms with Crippen molar-refractivity contribution in [2.24, 2.45) is 0 Å². The fourth-order valence-corrected chi connectivity index (χ4v) is 4.13. The highest BCUT2D eigenvalue weighted by Crippen LogP contribution is 2.27. The molecule has 0 aliphatic carbocycles. The van der Waals surface area contributed by atoms with E-state index in [1.807, 2.05) is 17.8 Å². The largest absolute Gasteiger partial charge is 0.350 e. The number of carbonyl (C=O) groups is 1. The summed E-state index contributed by atoms with van der Waals surface area (Å²) in [6.45, 7) is 1.74. The Bertz CT molecular complexity index is 653. The number of amides is 1. The van der Waals surface area contributed by atoms with Gasteiger partial charge in [-0.15, -0.1) is 11.3 Å².